The van der Waals surface area contributed by atoms with Gasteiger partial charge in [0.2, 0.25) is 5.95 Å². The summed E-state index contributed by atoms with van der Waals surface area (Å²) in [6.45, 7) is 5.90. The molecule has 30 heavy (non-hydrogen) atoms. The number of nitrogens with one attached hydrogen (secondary N) is 1. The van der Waals surface area contributed by atoms with Crippen LogP contribution in [0.5, 0.6) is 0 Å². The van der Waals surface area contributed by atoms with E-state index in [2.05, 4.69) is 25.2 Å². The van der Waals surface area contributed by atoms with E-state index in [0.717, 1.165) is 40.8 Å². The van der Waals surface area contributed by atoms with E-state index < -0.39 is 0 Å². The number of rotatable bonds is 4. The lowest BCUT2D eigenvalue weighted by Crippen LogP contribution is -2.39. The van der Waals surface area contributed by atoms with Gasteiger partial charge in [0.1, 0.15) is 11.8 Å². The van der Waals surface area contributed by atoms with Crippen LogP contribution in [0.15, 0.2) is 42.6 Å². The van der Waals surface area contributed by atoms with Crippen LogP contribution in [0, 0.1) is 13.8 Å². The van der Waals surface area contributed by atoms with Crippen LogP contribution in [0.3, 0.4) is 0 Å². The highest BCUT2D eigenvalue weighted by Crippen LogP contribution is 2.26. The second-order valence-corrected chi connectivity index (χ2v) is 7.22. The predicted octanol–water partition coefficient (Wildman–Crippen LogP) is 2.49. The molecular weight excluding hydrogens is 380 g/mol. The highest BCUT2D eigenvalue weighted by atomic mass is 16.5. The van der Waals surface area contributed by atoms with Crippen LogP contribution < -0.4 is 10.2 Å². The summed E-state index contributed by atoms with van der Waals surface area (Å²) in [5.74, 6) is 0.513. The number of aryl methyl sites for hydroxylation is 2. The van der Waals surface area contributed by atoms with Gasteiger partial charge in [-0.2, -0.15) is 0 Å². The van der Waals surface area contributed by atoms with Gasteiger partial charge in [0.25, 0.3) is 5.91 Å². The average Bonchev–Trinajstić information content (AvgIpc) is 2.78. The molecule has 1 amide bonds. The number of pyridine rings is 2. The van der Waals surface area contributed by atoms with E-state index in [1.807, 2.05) is 44.2 Å². The minimum absolute atomic E-state index is 0.179. The first-order chi connectivity index (χ1) is 14.5. The first-order valence-corrected chi connectivity index (χ1v) is 9.88. The van der Waals surface area contributed by atoms with Crippen molar-refractivity contribution in [2.45, 2.75) is 20.0 Å². The SMILES string of the molecule is CNC(=O)c1ccc(-c2cccc([C@H]3CN(c4nc(C)cc(C)n4)CCO3)n2)cn1. The smallest absolute Gasteiger partial charge is 0.269 e. The van der Waals surface area contributed by atoms with Gasteiger partial charge in [-0.15, -0.1) is 0 Å². The Morgan fingerprint density at radius 1 is 1.13 bits per heavy atom. The van der Waals surface area contributed by atoms with Gasteiger partial charge >= 0.3 is 0 Å². The Balaban J connectivity index is 1.55. The molecule has 0 aromatic carbocycles. The standard InChI is InChI=1S/C22H24N6O2/c1-14-11-15(2)26-22(25-14)28-9-10-30-20(13-28)18-6-4-5-17(27-18)16-7-8-19(24-12-16)21(29)23-3/h4-8,11-12,20H,9-10,13H2,1-3H3,(H,23,29)/t20-/m1/s1. The van der Waals surface area contributed by atoms with Gasteiger partial charge in [-0.05, 0) is 44.2 Å². The molecule has 0 saturated carbocycles. The fourth-order valence-corrected chi connectivity index (χ4v) is 3.46. The lowest BCUT2D eigenvalue weighted by molar-refractivity contribution is 0.0365. The van der Waals surface area contributed by atoms with E-state index in [1.54, 1.807) is 19.3 Å². The van der Waals surface area contributed by atoms with Gasteiger partial charge in [0.05, 0.1) is 24.5 Å². The molecule has 154 valence electrons. The molecule has 1 atom stereocenters. The average molecular weight is 404 g/mol. The minimum Gasteiger partial charge on any atom is -0.368 e. The normalized spacial score (nSPS) is 16.4. The van der Waals surface area contributed by atoms with Crippen LogP contribution in [-0.2, 0) is 4.74 Å². The maximum absolute atomic E-state index is 11.7. The molecule has 8 heteroatoms. The van der Waals surface area contributed by atoms with Crippen molar-refractivity contribution < 1.29 is 9.53 Å². The summed E-state index contributed by atoms with van der Waals surface area (Å²) in [5, 5.41) is 2.57. The first-order valence-electron chi connectivity index (χ1n) is 9.88. The fourth-order valence-electron chi connectivity index (χ4n) is 3.46. The van der Waals surface area contributed by atoms with E-state index in [1.165, 1.54) is 0 Å². The Hall–Kier alpha value is -3.39. The zero-order chi connectivity index (χ0) is 21.1. The quantitative estimate of drug-likeness (QED) is 0.714. The Morgan fingerprint density at radius 2 is 1.93 bits per heavy atom. The molecule has 1 aliphatic rings. The molecule has 4 heterocycles. The van der Waals surface area contributed by atoms with Gasteiger partial charge in [-0.3, -0.25) is 9.78 Å². The maximum Gasteiger partial charge on any atom is 0.269 e. The van der Waals surface area contributed by atoms with Gasteiger partial charge in [0, 0.05) is 36.7 Å². The number of morpholine rings is 1. The Kier molecular flexibility index (Phi) is 5.67. The van der Waals surface area contributed by atoms with E-state index in [-0.39, 0.29) is 12.0 Å². The van der Waals surface area contributed by atoms with Crippen molar-refractivity contribution in [3.05, 3.63) is 65.4 Å². The number of nitrogens with zero attached hydrogens (tertiary/aromatic N) is 5. The molecule has 0 unspecified atom stereocenters. The molecule has 0 aliphatic carbocycles. The van der Waals surface area contributed by atoms with E-state index in [0.29, 0.717) is 18.8 Å². The zero-order valence-electron chi connectivity index (χ0n) is 17.3. The summed E-state index contributed by atoms with van der Waals surface area (Å²) in [4.78, 5) is 32.0. The molecule has 1 saturated heterocycles. The van der Waals surface area contributed by atoms with E-state index in [9.17, 15) is 4.79 Å². The third-order valence-electron chi connectivity index (χ3n) is 4.94. The lowest BCUT2D eigenvalue weighted by Gasteiger charge is -2.33. The van der Waals surface area contributed by atoms with Crippen LogP contribution in [0.25, 0.3) is 11.3 Å². The van der Waals surface area contributed by atoms with Crippen molar-refractivity contribution in [3.63, 3.8) is 0 Å². The Morgan fingerprint density at radius 3 is 2.63 bits per heavy atom. The number of hydrogen-bond acceptors (Lipinski definition) is 7. The van der Waals surface area contributed by atoms with Gasteiger partial charge in [0.15, 0.2) is 0 Å². The van der Waals surface area contributed by atoms with Crippen molar-refractivity contribution >= 4 is 11.9 Å². The monoisotopic (exact) mass is 404 g/mol. The summed E-state index contributed by atoms with van der Waals surface area (Å²) >= 11 is 0. The predicted molar refractivity (Wildman–Crippen MR) is 113 cm³/mol. The molecule has 0 radical (unpaired) electrons. The molecule has 1 aliphatic heterocycles. The molecular formula is C22H24N6O2. The summed E-state index contributed by atoms with van der Waals surface area (Å²) in [5.41, 5.74) is 4.75. The second-order valence-electron chi connectivity index (χ2n) is 7.22. The first kappa shape index (κ1) is 19.9. The number of carbonyl (C=O) groups is 1. The van der Waals surface area contributed by atoms with Gasteiger partial charge in [-0.25, -0.2) is 15.0 Å². The molecule has 0 spiro atoms. The highest BCUT2D eigenvalue weighted by Gasteiger charge is 2.25. The molecule has 0 bridgehead atoms. The van der Waals surface area contributed by atoms with Crippen molar-refractivity contribution in [3.8, 4) is 11.3 Å². The number of ether oxygens (including phenoxy) is 1. The Bertz CT molecular complexity index is 1030. The maximum atomic E-state index is 11.7. The molecule has 4 rings (SSSR count). The molecule has 3 aromatic heterocycles. The van der Waals surface area contributed by atoms with Crippen LogP contribution in [0.2, 0.25) is 0 Å². The number of carbonyl (C=O) groups excluding carboxylic acids is 1. The van der Waals surface area contributed by atoms with Crippen molar-refractivity contribution in [2.24, 2.45) is 0 Å². The summed E-state index contributed by atoms with van der Waals surface area (Å²) in [7, 11) is 1.58. The molecule has 1 fully saturated rings. The van der Waals surface area contributed by atoms with Crippen LogP contribution in [0.4, 0.5) is 5.95 Å². The minimum atomic E-state index is -0.215. The van der Waals surface area contributed by atoms with Crippen LogP contribution >= 0.6 is 0 Å². The van der Waals surface area contributed by atoms with E-state index in [4.69, 9.17) is 9.72 Å². The summed E-state index contributed by atoms with van der Waals surface area (Å²) < 4.78 is 6.00. The highest BCUT2D eigenvalue weighted by molar-refractivity contribution is 5.92. The van der Waals surface area contributed by atoms with Gasteiger partial charge in [-0.1, -0.05) is 6.07 Å². The van der Waals surface area contributed by atoms with E-state index >= 15 is 0 Å². The largest absolute Gasteiger partial charge is 0.368 e. The molecule has 8 nitrogen and oxygen atoms in total. The third-order valence-corrected chi connectivity index (χ3v) is 4.94. The number of anilines is 1. The van der Waals surface area contributed by atoms with Crippen LogP contribution in [-0.4, -0.2) is 52.6 Å². The van der Waals surface area contributed by atoms with Crippen molar-refractivity contribution in [1.29, 1.82) is 0 Å². The summed E-state index contributed by atoms with van der Waals surface area (Å²) in [6.07, 6.45) is 1.48. The zero-order valence-corrected chi connectivity index (χ0v) is 17.3. The number of hydrogen-bond donors (Lipinski definition) is 1. The lowest BCUT2D eigenvalue weighted by atomic mass is 10.1. The second kappa shape index (κ2) is 8.54. The number of amides is 1. The topological polar surface area (TPSA) is 93.1 Å². The van der Waals surface area contributed by atoms with Crippen molar-refractivity contribution in [1.82, 2.24) is 25.3 Å². The Labute approximate surface area is 175 Å². The molecule has 1 N–H and O–H groups in total. The van der Waals surface area contributed by atoms with Gasteiger partial charge < -0.3 is 15.0 Å². The third kappa shape index (κ3) is 4.28. The number of aromatic nitrogens is 4. The van der Waals surface area contributed by atoms with Crippen LogP contribution in [0.1, 0.15) is 33.7 Å². The summed E-state index contributed by atoms with van der Waals surface area (Å²) in [6, 6.07) is 11.4. The fraction of sp³-hybridized carbons (Fsp3) is 0.318. The van der Waals surface area contributed by atoms with Crippen molar-refractivity contribution in [2.75, 3.05) is 31.6 Å². The molecule has 3 aromatic rings.